The van der Waals surface area contributed by atoms with Crippen LogP contribution in [0.5, 0.6) is 5.75 Å². The number of carbonyl (C=O) groups excluding carboxylic acids is 2. The quantitative estimate of drug-likeness (QED) is 0.410. The van der Waals surface area contributed by atoms with E-state index in [0.29, 0.717) is 11.1 Å². The number of pyridine rings is 1. The smallest absolute Gasteiger partial charge is 0.406 e. The highest BCUT2D eigenvalue weighted by Crippen LogP contribution is 2.34. The first-order valence-electron chi connectivity index (χ1n) is 11.3. The van der Waals surface area contributed by atoms with Gasteiger partial charge in [0.2, 0.25) is 10.0 Å². The molecule has 9 nitrogen and oxygen atoms in total. The lowest BCUT2D eigenvalue weighted by Crippen LogP contribution is -2.43. The molecule has 1 aliphatic heterocycles. The maximum absolute atomic E-state index is 13.3. The molecule has 0 atom stereocenters. The van der Waals surface area contributed by atoms with Gasteiger partial charge in [-0.15, -0.1) is 13.2 Å². The van der Waals surface area contributed by atoms with Crippen LogP contribution >= 0.6 is 0 Å². The fraction of sp³-hybridized carbons (Fsp3) is 0.240. The monoisotopic (exact) mass is 548 g/mol. The molecule has 0 radical (unpaired) electrons. The fourth-order valence-electron chi connectivity index (χ4n) is 3.93. The van der Waals surface area contributed by atoms with E-state index in [-0.39, 0.29) is 23.8 Å². The van der Waals surface area contributed by atoms with Gasteiger partial charge >= 0.3 is 12.4 Å². The third-order valence-electron chi connectivity index (χ3n) is 5.78. The second-order valence-electron chi connectivity index (χ2n) is 9.01. The Bertz CT molecular complexity index is 1450. The summed E-state index contributed by atoms with van der Waals surface area (Å²) in [6.45, 7) is 3.03. The van der Waals surface area contributed by atoms with E-state index in [4.69, 9.17) is 0 Å². The first-order valence-corrected chi connectivity index (χ1v) is 12.9. The van der Waals surface area contributed by atoms with Crippen LogP contribution in [0.4, 0.5) is 29.5 Å². The first kappa shape index (κ1) is 26.9. The topological polar surface area (TPSA) is 109 Å². The normalized spacial score (nSPS) is 15.6. The molecule has 1 saturated heterocycles. The van der Waals surface area contributed by atoms with Crippen molar-refractivity contribution >= 4 is 33.5 Å². The molecule has 1 aliphatic rings. The van der Waals surface area contributed by atoms with Crippen molar-refractivity contribution in [1.82, 2.24) is 9.88 Å². The van der Waals surface area contributed by atoms with Crippen molar-refractivity contribution in [3.8, 4) is 5.75 Å². The lowest BCUT2D eigenvalue weighted by atomic mass is 10.0. The molecule has 0 saturated carbocycles. The minimum atomic E-state index is -4.88. The predicted molar refractivity (Wildman–Crippen MR) is 133 cm³/mol. The zero-order chi connectivity index (χ0) is 27.7. The summed E-state index contributed by atoms with van der Waals surface area (Å²) in [5, 5.41) is 0. The second kappa shape index (κ2) is 9.97. The number of benzene rings is 2. The van der Waals surface area contributed by atoms with Crippen molar-refractivity contribution in [2.75, 3.05) is 9.62 Å². The van der Waals surface area contributed by atoms with E-state index in [9.17, 15) is 31.2 Å². The zero-order valence-electron chi connectivity index (χ0n) is 20.3. The number of nitrogens with zero attached hydrogens (tertiary/aromatic N) is 3. The molecule has 3 amide bonds. The van der Waals surface area contributed by atoms with Gasteiger partial charge in [0, 0.05) is 12.7 Å². The third kappa shape index (κ3) is 6.05. The van der Waals surface area contributed by atoms with Crippen molar-refractivity contribution < 1.29 is 35.9 Å². The number of amides is 3. The van der Waals surface area contributed by atoms with Crippen LogP contribution in [-0.4, -0.2) is 42.1 Å². The molecule has 0 spiro atoms. The molecule has 0 aliphatic carbocycles. The minimum absolute atomic E-state index is 0.0475. The summed E-state index contributed by atoms with van der Waals surface area (Å²) in [7, 11) is -3.77. The Morgan fingerprint density at radius 3 is 2.26 bits per heavy atom. The van der Waals surface area contributed by atoms with Crippen LogP contribution in [0.25, 0.3) is 0 Å². The molecule has 200 valence electrons. The van der Waals surface area contributed by atoms with Crippen LogP contribution < -0.4 is 14.4 Å². The van der Waals surface area contributed by atoms with E-state index in [0.717, 1.165) is 17.0 Å². The van der Waals surface area contributed by atoms with Gasteiger partial charge in [0.25, 0.3) is 5.91 Å². The number of hydrogen-bond donors (Lipinski definition) is 1. The number of carbonyl (C=O) groups is 2. The third-order valence-corrected chi connectivity index (χ3v) is 7.01. The van der Waals surface area contributed by atoms with Crippen LogP contribution in [0.2, 0.25) is 0 Å². The van der Waals surface area contributed by atoms with Gasteiger partial charge in [-0.3, -0.25) is 9.52 Å². The van der Waals surface area contributed by atoms with Gasteiger partial charge in [-0.1, -0.05) is 30.3 Å². The van der Waals surface area contributed by atoms with Crippen LogP contribution in [0, 0.1) is 0 Å². The average molecular weight is 549 g/mol. The number of alkyl halides is 3. The molecular weight excluding hydrogens is 525 g/mol. The lowest BCUT2D eigenvalue weighted by Gasteiger charge is -2.27. The number of hydrogen-bond acceptors (Lipinski definition) is 6. The SMILES string of the molecule is CC1(C)C(=O)N(c2ccc(OC(F)(F)F)cc2)C(=O)N1Cc1ccnc(NS(=O)(=O)Cc2ccccc2)c1. The maximum Gasteiger partial charge on any atom is 0.573 e. The molecule has 38 heavy (non-hydrogen) atoms. The van der Waals surface area contributed by atoms with Crippen molar-refractivity contribution in [2.24, 2.45) is 0 Å². The zero-order valence-corrected chi connectivity index (χ0v) is 21.1. The molecule has 1 aromatic heterocycles. The Morgan fingerprint density at radius 2 is 1.63 bits per heavy atom. The highest BCUT2D eigenvalue weighted by atomic mass is 32.2. The lowest BCUT2D eigenvalue weighted by molar-refractivity contribution is -0.274. The highest BCUT2D eigenvalue weighted by molar-refractivity contribution is 7.91. The maximum atomic E-state index is 13.3. The molecule has 0 unspecified atom stereocenters. The first-order chi connectivity index (χ1) is 17.7. The second-order valence-corrected chi connectivity index (χ2v) is 10.7. The van der Waals surface area contributed by atoms with Crippen molar-refractivity contribution in [3.63, 3.8) is 0 Å². The number of imide groups is 1. The summed E-state index contributed by atoms with van der Waals surface area (Å²) in [6, 6.07) is 15.3. The van der Waals surface area contributed by atoms with Crippen LogP contribution in [0.15, 0.2) is 72.9 Å². The molecular formula is C25H23F3N4O5S. The summed E-state index contributed by atoms with van der Waals surface area (Å²) < 4.78 is 68.8. The standard InChI is InChI=1S/C25H23F3N4O5S/c1-24(2)22(33)32(19-8-10-20(11-9-19)37-25(26,27)28)23(34)31(24)15-18-12-13-29-21(14-18)30-38(35,36)16-17-6-4-3-5-7-17/h3-14H,15-16H2,1-2H3,(H,29,30). The van der Waals surface area contributed by atoms with E-state index < -0.39 is 39.6 Å². The number of urea groups is 1. The van der Waals surface area contributed by atoms with E-state index in [2.05, 4.69) is 14.4 Å². The highest BCUT2D eigenvalue weighted by Gasteiger charge is 2.51. The van der Waals surface area contributed by atoms with Crippen molar-refractivity contribution in [1.29, 1.82) is 0 Å². The van der Waals surface area contributed by atoms with Gasteiger partial charge in [0.1, 0.15) is 17.1 Å². The predicted octanol–water partition coefficient (Wildman–Crippen LogP) is 4.67. The number of sulfonamides is 1. The van der Waals surface area contributed by atoms with Gasteiger partial charge in [-0.05, 0) is 61.4 Å². The summed E-state index contributed by atoms with van der Waals surface area (Å²) in [4.78, 5) is 32.6. The Hall–Kier alpha value is -4.13. The number of ether oxygens (including phenoxy) is 1. The van der Waals surface area contributed by atoms with Gasteiger partial charge in [-0.2, -0.15) is 0 Å². The van der Waals surface area contributed by atoms with E-state index in [1.165, 1.54) is 29.3 Å². The number of nitrogens with one attached hydrogen (secondary N) is 1. The summed E-state index contributed by atoms with van der Waals surface area (Å²) in [6.07, 6.45) is -3.50. The summed E-state index contributed by atoms with van der Waals surface area (Å²) in [5.41, 5.74) is -0.122. The van der Waals surface area contributed by atoms with Crippen LogP contribution in [-0.2, 0) is 27.1 Å². The van der Waals surface area contributed by atoms with Crippen molar-refractivity contribution in [2.45, 2.75) is 38.0 Å². The Kier molecular flexibility index (Phi) is 7.06. The fourth-order valence-corrected chi connectivity index (χ4v) is 5.06. The Balaban J connectivity index is 1.51. The van der Waals surface area contributed by atoms with Gasteiger partial charge in [0.15, 0.2) is 0 Å². The van der Waals surface area contributed by atoms with E-state index >= 15 is 0 Å². The molecule has 2 aromatic carbocycles. The molecule has 13 heteroatoms. The van der Waals surface area contributed by atoms with Gasteiger partial charge in [-0.25, -0.2) is 23.1 Å². The molecule has 2 heterocycles. The van der Waals surface area contributed by atoms with E-state index in [1.54, 1.807) is 50.2 Å². The number of rotatable bonds is 8. The molecule has 1 fully saturated rings. The average Bonchev–Trinajstić information content (AvgIpc) is 2.98. The molecule has 3 aromatic rings. The van der Waals surface area contributed by atoms with E-state index in [1.807, 2.05) is 0 Å². The van der Waals surface area contributed by atoms with Crippen LogP contribution in [0.3, 0.4) is 0 Å². The number of halogens is 3. The van der Waals surface area contributed by atoms with Gasteiger partial charge in [0.05, 0.1) is 11.4 Å². The number of aromatic nitrogens is 1. The van der Waals surface area contributed by atoms with Crippen molar-refractivity contribution in [3.05, 3.63) is 84.1 Å². The minimum Gasteiger partial charge on any atom is -0.406 e. The summed E-state index contributed by atoms with van der Waals surface area (Å²) in [5.74, 6) is -1.28. The Labute approximate surface area is 216 Å². The summed E-state index contributed by atoms with van der Waals surface area (Å²) >= 11 is 0. The molecule has 1 N–H and O–H groups in total. The molecule has 4 rings (SSSR count). The number of anilines is 2. The largest absolute Gasteiger partial charge is 0.573 e. The Morgan fingerprint density at radius 1 is 0.974 bits per heavy atom. The van der Waals surface area contributed by atoms with Gasteiger partial charge < -0.3 is 9.64 Å². The van der Waals surface area contributed by atoms with Crippen LogP contribution in [0.1, 0.15) is 25.0 Å². The molecule has 0 bridgehead atoms.